The molecule has 46 heavy (non-hydrogen) atoms. The van der Waals surface area contributed by atoms with E-state index >= 15 is 0 Å². The molecule has 1 saturated heterocycles. The number of hydrogen-bond donors (Lipinski definition) is 1. The van der Waals surface area contributed by atoms with E-state index in [1.165, 1.54) is 12.5 Å². The van der Waals surface area contributed by atoms with Gasteiger partial charge in [0.2, 0.25) is 5.91 Å². The first-order valence-corrected chi connectivity index (χ1v) is 16.8. The molecule has 2 bridgehead atoms. The summed E-state index contributed by atoms with van der Waals surface area (Å²) in [5, 5.41) is 11.2. The highest BCUT2D eigenvalue weighted by molar-refractivity contribution is 5.92. The average molecular weight is 621 g/mol. The lowest BCUT2D eigenvalue weighted by atomic mass is 9.48. The maximum absolute atomic E-state index is 14.1. The summed E-state index contributed by atoms with van der Waals surface area (Å²) in [6.07, 6.45) is 6.64. The first-order chi connectivity index (χ1) is 22.2. The molecule has 7 heteroatoms. The van der Waals surface area contributed by atoms with Crippen LogP contribution in [-0.4, -0.2) is 70.2 Å². The van der Waals surface area contributed by atoms with E-state index in [0.717, 1.165) is 36.2 Å². The number of carbonyl (C=O) groups is 2. The second-order valence-corrected chi connectivity index (χ2v) is 13.9. The van der Waals surface area contributed by atoms with Crippen molar-refractivity contribution >= 4 is 18.0 Å². The lowest BCUT2D eigenvalue weighted by Gasteiger charge is -2.65. The number of esters is 1. The summed E-state index contributed by atoms with van der Waals surface area (Å²) in [6, 6.07) is 23.8. The molecule has 2 fully saturated rings. The highest BCUT2D eigenvalue weighted by atomic mass is 16.6. The highest BCUT2D eigenvalue weighted by Crippen LogP contribution is 2.67. The zero-order valence-corrected chi connectivity index (χ0v) is 27.0. The van der Waals surface area contributed by atoms with Crippen LogP contribution >= 0.6 is 0 Å². The summed E-state index contributed by atoms with van der Waals surface area (Å²) in [5.41, 5.74) is 2.85. The highest BCUT2D eigenvalue weighted by Gasteiger charge is 2.75. The number of phenolic OH excluding ortho intramolecular Hbond substituents is 1. The number of carbonyl (C=O) groups excluding carboxylic acids is 2. The third kappa shape index (κ3) is 4.91. The molecule has 3 aromatic carbocycles. The van der Waals surface area contributed by atoms with Crippen molar-refractivity contribution in [2.45, 2.75) is 82.1 Å². The van der Waals surface area contributed by atoms with Crippen LogP contribution in [0.2, 0.25) is 0 Å². The van der Waals surface area contributed by atoms with Crippen LogP contribution in [0.4, 0.5) is 0 Å². The van der Waals surface area contributed by atoms with Gasteiger partial charge in [0.15, 0.2) is 11.5 Å². The fourth-order valence-corrected chi connectivity index (χ4v) is 9.15. The summed E-state index contributed by atoms with van der Waals surface area (Å²) < 4.78 is 13.5. The van der Waals surface area contributed by atoms with Crippen molar-refractivity contribution in [2.75, 3.05) is 19.6 Å². The zero-order valence-electron chi connectivity index (χ0n) is 27.0. The molecule has 1 amide bonds. The Morgan fingerprint density at radius 3 is 2.52 bits per heavy atom. The monoisotopic (exact) mass is 620 g/mol. The smallest absolute Gasteiger partial charge is 0.303 e. The number of hydrogen-bond acceptors (Lipinski definition) is 6. The van der Waals surface area contributed by atoms with Gasteiger partial charge in [-0.25, -0.2) is 0 Å². The van der Waals surface area contributed by atoms with Crippen LogP contribution in [-0.2, 0) is 32.6 Å². The number of rotatable bonds is 9. The normalized spacial score (nSPS) is 27.7. The van der Waals surface area contributed by atoms with Crippen molar-refractivity contribution in [1.29, 1.82) is 0 Å². The molecule has 3 aromatic rings. The molecule has 4 aliphatic rings. The van der Waals surface area contributed by atoms with Gasteiger partial charge in [0.25, 0.3) is 0 Å². The average Bonchev–Trinajstić information content (AvgIpc) is 3.40. The van der Waals surface area contributed by atoms with E-state index in [2.05, 4.69) is 43.0 Å². The van der Waals surface area contributed by atoms with Gasteiger partial charge in [-0.2, -0.15) is 0 Å². The number of aromatic hydroxyl groups is 1. The fourth-order valence-electron chi connectivity index (χ4n) is 9.15. The maximum atomic E-state index is 14.1. The molecule has 2 aliphatic heterocycles. The van der Waals surface area contributed by atoms with Crippen LogP contribution in [0.25, 0.3) is 6.08 Å². The Balaban J connectivity index is 1.31. The largest absolute Gasteiger partial charge is 0.504 e. The molecular weight excluding hydrogens is 576 g/mol. The molecule has 2 aliphatic carbocycles. The number of likely N-dealkylation sites (tertiary alicyclic amines) is 1. The van der Waals surface area contributed by atoms with Crippen molar-refractivity contribution in [3.8, 4) is 11.5 Å². The molecule has 0 radical (unpaired) electrons. The predicted molar refractivity (Wildman–Crippen MR) is 178 cm³/mol. The Labute approximate surface area is 271 Å². The number of nitrogens with zero attached hydrogens (tertiary/aromatic N) is 2. The summed E-state index contributed by atoms with van der Waals surface area (Å²) in [5.74, 6) is 0.478. The maximum Gasteiger partial charge on any atom is 0.303 e. The molecule has 1 saturated carbocycles. The lowest BCUT2D eigenvalue weighted by Crippen LogP contribution is -2.79. The number of ether oxygens (including phenoxy) is 2. The summed E-state index contributed by atoms with van der Waals surface area (Å²) >= 11 is 0. The Bertz CT molecular complexity index is 1640. The third-order valence-corrected chi connectivity index (χ3v) is 10.8. The molecule has 1 spiro atoms. The van der Waals surface area contributed by atoms with E-state index in [1.807, 2.05) is 53.4 Å². The zero-order chi connectivity index (χ0) is 32.1. The second kappa shape index (κ2) is 11.9. The van der Waals surface area contributed by atoms with Gasteiger partial charge >= 0.3 is 5.97 Å². The van der Waals surface area contributed by atoms with Crippen molar-refractivity contribution in [2.24, 2.45) is 5.92 Å². The molecule has 5 atom stereocenters. The van der Waals surface area contributed by atoms with Gasteiger partial charge in [-0.3, -0.25) is 14.5 Å². The van der Waals surface area contributed by atoms with E-state index in [1.54, 1.807) is 12.1 Å². The Morgan fingerprint density at radius 1 is 1.07 bits per heavy atom. The van der Waals surface area contributed by atoms with E-state index in [4.69, 9.17) is 9.47 Å². The number of piperidine rings is 1. The minimum atomic E-state index is -0.840. The third-order valence-electron chi connectivity index (χ3n) is 10.8. The van der Waals surface area contributed by atoms with Gasteiger partial charge in [0, 0.05) is 31.7 Å². The standard InChI is InChI=1S/C39H44N2O5/c1-26(2)25-41(34(44)17-14-28-10-6-4-7-11-28)31-18-20-39(46-27(3)42)33-24-30-15-16-32(43)36-35(30)38(39,37(31)45-36)21-23-40(33)22-19-29-12-8-5-9-13-29/h4-17,26,31,33,37,43H,18-25H2,1-3H3/t31-,33+,37-,38-,39+/m0/s1. The molecule has 1 N–H and O–H groups in total. The summed E-state index contributed by atoms with van der Waals surface area (Å²) in [7, 11) is 0. The fraction of sp³-hybridized carbons (Fsp3) is 0.436. The second-order valence-electron chi connectivity index (χ2n) is 13.9. The minimum absolute atomic E-state index is 0.0452. The summed E-state index contributed by atoms with van der Waals surface area (Å²) in [4.78, 5) is 31.6. The van der Waals surface area contributed by atoms with Crippen LogP contribution in [0, 0.1) is 5.92 Å². The van der Waals surface area contributed by atoms with Gasteiger partial charge in [-0.1, -0.05) is 80.6 Å². The van der Waals surface area contributed by atoms with Gasteiger partial charge in [0.05, 0.1) is 17.5 Å². The molecule has 7 rings (SSSR count). The number of phenols is 1. The van der Waals surface area contributed by atoms with Gasteiger partial charge in [-0.15, -0.1) is 0 Å². The van der Waals surface area contributed by atoms with E-state index in [9.17, 15) is 14.7 Å². The van der Waals surface area contributed by atoms with E-state index in [0.29, 0.717) is 38.0 Å². The lowest BCUT2D eigenvalue weighted by molar-refractivity contribution is -0.224. The van der Waals surface area contributed by atoms with Gasteiger partial charge < -0.3 is 19.5 Å². The first-order valence-electron chi connectivity index (χ1n) is 16.8. The molecule has 7 nitrogen and oxygen atoms in total. The summed E-state index contributed by atoms with van der Waals surface area (Å²) in [6.45, 7) is 8.00. The van der Waals surface area contributed by atoms with Crippen LogP contribution in [0.1, 0.15) is 62.3 Å². The van der Waals surface area contributed by atoms with Crippen LogP contribution in [0.3, 0.4) is 0 Å². The predicted octanol–water partition coefficient (Wildman–Crippen LogP) is 5.93. The van der Waals surface area contributed by atoms with Crippen LogP contribution < -0.4 is 4.74 Å². The van der Waals surface area contributed by atoms with Crippen molar-refractivity contribution in [3.05, 3.63) is 101 Å². The van der Waals surface area contributed by atoms with E-state index in [-0.39, 0.29) is 35.6 Å². The Hall–Kier alpha value is -4.10. The molecule has 2 heterocycles. The van der Waals surface area contributed by atoms with Crippen molar-refractivity contribution in [1.82, 2.24) is 9.80 Å². The van der Waals surface area contributed by atoms with E-state index < -0.39 is 17.1 Å². The van der Waals surface area contributed by atoms with Crippen LogP contribution in [0.15, 0.2) is 78.9 Å². The number of amides is 1. The SMILES string of the molecule is CC(=O)O[C@@]12CC[C@H](N(CC(C)C)C(=O)C=Cc3ccccc3)[C@@H]3Oc4c(O)ccc5c4[C@@]31CCN(CCc1ccccc1)[C@@H]2C5. The van der Waals surface area contributed by atoms with Crippen LogP contribution in [0.5, 0.6) is 11.5 Å². The van der Waals surface area contributed by atoms with Gasteiger partial charge in [0.1, 0.15) is 11.7 Å². The molecule has 0 aromatic heterocycles. The Morgan fingerprint density at radius 2 is 1.80 bits per heavy atom. The van der Waals surface area contributed by atoms with Crippen molar-refractivity contribution in [3.63, 3.8) is 0 Å². The molecule has 0 unspecified atom stereocenters. The van der Waals surface area contributed by atoms with Gasteiger partial charge in [-0.05, 0) is 73.4 Å². The number of benzene rings is 3. The first kappa shape index (κ1) is 30.5. The minimum Gasteiger partial charge on any atom is -0.504 e. The Kier molecular flexibility index (Phi) is 7.92. The topological polar surface area (TPSA) is 79.3 Å². The van der Waals surface area contributed by atoms with Crippen molar-refractivity contribution < 1.29 is 24.2 Å². The quantitative estimate of drug-likeness (QED) is 0.236. The molecule has 240 valence electrons. The molecular formula is C39H44N2O5.